The average Bonchev–Trinajstić information content (AvgIpc) is 2.23. The smallest absolute Gasteiger partial charge is 0.327 e. The van der Waals surface area contributed by atoms with Crippen molar-refractivity contribution in [3.8, 4) is 6.07 Å². The predicted octanol–water partition coefficient (Wildman–Crippen LogP) is -2.37. The van der Waals surface area contributed by atoms with Crippen LogP contribution in [0, 0.1) is 11.3 Å². The van der Waals surface area contributed by atoms with Crippen LogP contribution >= 0.6 is 0 Å². The normalized spacial score (nSPS) is 12.0. The molecular weight excluding hydrogens is 278 g/mol. The van der Waals surface area contributed by atoms with Crippen molar-refractivity contribution in [1.29, 1.82) is 5.26 Å². The van der Waals surface area contributed by atoms with E-state index in [1.54, 1.807) is 6.07 Å². The van der Waals surface area contributed by atoms with Crippen LogP contribution < -0.4 is 10.6 Å². The van der Waals surface area contributed by atoms with Crippen molar-refractivity contribution in [2.75, 3.05) is 18.1 Å². The van der Waals surface area contributed by atoms with Gasteiger partial charge in [0.1, 0.15) is 18.3 Å². The lowest BCUT2D eigenvalue weighted by Crippen LogP contribution is -2.46. The van der Waals surface area contributed by atoms with Crippen molar-refractivity contribution >= 4 is 27.6 Å². The number of aliphatic carboxylic acids is 1. The summed E-state index contributed by atoms with van der Waals surface area (Å²) in [7, 11) is -4.02. The second-order valence-electron chi connectivity index (χ2n) is 3.58. The maximum Gasteiger partial charge on any atom is 0.327 e. The zero-order valence-electron chi connectivity index (χ0n) is 10.0. The Labute approximate surface area is 109 Å². The number of carbonyl (C=O) groups excluding carboxylic acids is 2. The molecule has 0 bridgehead atoms. The van der Waals surface area contributed by atoms with Gasteiger partial charge in [-0.3, -0.25) is 9.59 Å². The summed E-state index contributed by atoms with van der Waals surface area (Å²) in [5.41, 5.74) is 0. The summed E-state index contributed by atoms with van der Waals surface area (Å²) in [6.07, 6.45) is 0. The first-order valence-corrected chi connectivity index (χ1v) is 6.84. The van der Waals surface area contributed by atoms with E-state index in [1.807, 2.05) is 10.6 Å². The highest BCUT2D eigenvalue weighted by molar-refractivity contribution is 7.92. The van der Waals surface area contributed by atoms with Crippen molar-refractivity contribution < 1.29 is 27.9 Å². The lowest BCUT2D eigenvalue weighted by Gasteiger charge is -2.13. The molecule has 0 saturated heterocycles. The summed E-state index contributed by atoms with van der Waals surface area (Å²) in [5, 5.41) is 20.9. The maximum atomic E-state index is 11.5. The lowest BCUT2D eigenvalue weighted by atomic mass is 10.3. The molecule has 0 aliphatic rings. The molecule has 0 unspecified atom stereocenters. The van der Waals surface area contributed by atoms with Gasteiger partial charge in [0.15, 0.2) is 9.84 Å². The third-order valence-electron chi connectivity index (χ3n) is 1.81. The van der Waals surface area contributed by atoms with E-state index in [0.29, 0.717) is 0 Å². The second-order valence-corrected chi connectivity index (χ2v) is 5.69. The summed E-state index contributed by atoms with van der Waals surface area (Å²) in [6, 6.07) is -0.0276. The highest BCUT2D eigenvalue weighted by atomic mass is 32.2. The molecule has 0 spiro atoms. The largest absolute Gasteiger partial charge is 0.480 e. The van der Waals surface area contributed by atoms with E-state index < -0.39 is 45.2 Å². The van der Waals surface area contributed by atoms with Crippen LogP contribution in [0.25, 0.3) is 0 Å². The molecule has 0 saturated carbocycles. The van der Waals surface area contributed by atoms with Crippen LogP contribution in [0.1, 0.15) is 6.92 Å². The topological polar surface area (TPSA) is 153 Å². The predicted molar refractivity (Wildman–Crippen MR) is 62.5 cm³/mol. The molecule has 1 atom stereocenters. The molecular formula is C9H13N3O6S. The number of nitrogens with one attached hydrogen (secondary N) is 2. The Bertz CT molecular complexity index is 507. The first kappa shape index (κ1) is 16.9. The van der Waals surface area contributed by atoms with Gasteiger partial charge in [-0.2, -0.15) is 5.26 Å². The van der Waals surface area contributed by atoms with Gasteiger partial charge in [0, 0.05) is 6.92 Å². The number of amides is 2. The molecule has 106 valence electrons. The SMILES string of the molecule is CC(=O)N[C@@H](CS(=O)(=O)CC(=O)NCC#N)C(=O)O. The van der Waals surface area contributed by atoms with Crippen molar-refractivity contribution in [3.63, 3.8) is 0 Å². The van der Waals surface area contributed by atoms with Gasteiger partial charge in [-0.15, -0.1) is 0 Å². The van der Waals surface area contributed by atoms with Crippen molar-refractivity contribution in [3.05, 3.63) is 0 Å². The van der Waals surface area contributed by atoms with Gasteiger partial charge in [0.25, 0.3) is 0 Å². The van der Waals surface area contributed by atoms with Gasteiger partial charge in [-0.25, -0.2) is 13.2 Å². The van der Waals surface area contributed by atoms with E-state index in [2.05, 4.69) is 0 Å². The van der Waals surface area contributed by atoms with Crippen molar-refractivity contribution in [1.82, 2.24) is 10.6 Å². The van der Waals surface area contributed by atoms with Crippen LogP contribution in [0.4, 0.5) is 0 Å². The monoisotopic (exact) mass is 291 g/mol. The van der Waals surface area contributed by atoms with Crippen LogP contribution in [0.15, 0.2) is 0 Å². The number of sulfone groups is 1. The molecule has 0 rings (SSSR count). The molecule has 0 fully saturated rings. The number of carboxylic acids is 1. The third-order valence-corrected chi connectivity index (χ3v) is 3.36. The summed E-state index contributed by atoms with van der Waals surface area (Å²) >= 11 is 0. The Morgan fingerprint density at radius 1 is 1.37 bits per heavy atom. The zero-order chi connectivity index (χ0) is 15.1. The van der Waals surface area contributed by atoms with Crippen LogP contribution in [-0.4, -0.2) is 55.4 Å². The summed E-state index contributed by atoms with van der Waals surface area (Å²) in [5.74, 6) is -4.97. The van der Waals surface area contributed by atoms with Crippen molar-refractivity contribution in [2.45, 2.75) is 13.0 Å². The number of nitrogens with zero attached hydrogens (tertiary/aromatic N) is 1. The van der Waals surface area contributed by atoms with Gasteiger partial charge in [-0.05, 0) is 0 Å². The average molecular weight is 291 g/mol. The zero-order valence-corrected chi connectivity index (χ0v) is 10.9. The lowest BCUT2D eigenvalue weighted by molar-refractivity contribution is -0.140. The first-order chi connectivity index (χ1) is 8.68. The Morgan fingerprint density at radius 3 is 2.37 bits per heavy atom. The quantitative estimate of drug-likeness (QED) is 0.443. The standard InChI is InChI=1S/C9H13N3O6S/c1-6(13)12-7(9(15)16)4-19(17,18)5-8(14)11-3-2-10/h7H,3-5H2,1H3,(H,11,14)(H,12,13)(H,15,16)/t7-/m0/s1. The maximum absolute atomic E-state index is 11.5. The molecule has 3 N–H and O–H groups in total. The van der Waals surface area contributed by atoms with E-state index in [9.17, 15) is 22.8 Å². The first-order valence-electron chi connectivity index (χ1n) is 5.02. The third kappa shape index (κ3) is 7.72. The number of carbonyl (C=O) groups is 3. The fourth-order valence-electron chi connectivity index (χ4n) is 1.12. The van der Waals surface area contributed by atoms with Crippen LogP contribution in [0.5, 0.6) is 0 Å². The summed E-state index contributed by atoms with van der Waals surface area (Å²) in [6.45, 7) is 0.699. The van der Waals surface area contributed by atoms with E-state index in [1.165, 1.54) is 0 Å². The highest BCUT2D eigenvalue weighted by Crippen LogP contribution is 1.97. The number of carboxylic acid groups (broad SMARTS) is 1. The van der Waals surface area contributed by atoms with E-state index in [4.69, 9.17) is 10.4 Å². The molecule has 2 amide bonds. The minimum Gasteiger partial charge on any atom is -0.480 e. The van der Waals surface area contributed by atoms with Gasteiger partial charge in [0.05, 0.1) is 11.8 Å². The molecule has 0 aliphatic heterocycles. The number of hydrogen-bond donors (Lipinski definition) is 3. The fraction of sp³-hybridized carbons (Fsp3) is 0.556. The van der Waals surface area contributed by atoms with Gasteiger partial charge in [-0.1, -0.05) is 0 Å². The molecule has 0 aliphatic carbocycles. The Balaban J connectivity index is 4.65. The molecule has 19 heavy (non-hydrogen) atoms. The minimum absolute atomic E-state index is 0.345. The molecule has 0 radical (unpaired) electrons. The molecule has 10 heteroatoms. The van der Waals surface area contributed by atoms with Crippen LogP contribution in [0.2, 0.25) is 0 Å². The minimum atomic E-state index is -4.02. The molecule has 0 aromatic carbocycles. The van der Waals surface area contributed by atoms with Gasteiger partial charge >= 0.3 is 5.97 Å². The van der Waals surface area contributed by atoms with Gasteiger partial charge in [0.2, 0.25) is 11.8 Å². The molecule has 0 aromatic heterocycles. The van der Waals surface area contributed by atoms with Gasteiger partial charge < -0.3 is 15.7 Å². The van der Waals surface area contributed by atoms with Crippen LogP contribution in [0.3, 0.4) is 0 Å². The Hall–Kier alpha value is -2.15. The second kappa shape index (κ2) is 7.32. The number of hydrogen-bond acceptors (Lipinski definition) is 6. The fourth-order valence-corrected chi connectivity index (χ4v) is 2.47. The number of rotatable bonds is 7. The van der Waals surface area contributed by atoms with Crippen molar-refractivity contribution in [2.24, 2.45) is 0 Å². The van der Waals surface area contributed by atoms with E-state index >= 15 is 0 Å². The Kier molecular flexibility index (Phi) is 6.49. The molecule has 0 heterocycles. The summed E-state index contributed by atoms with van der Waals surface area (Å²) in [4.78, 5) is 32.6. The highest BCUT2D eigenvalue weighted by Gasteiger charge is 2.27. The number of nitriles is 1. The van der Waals surface area contributed by atoms with Crippen LogP contribution in [-0.2, 0) is 24.2 Å². The summed E-state index contributed by atoms with van der Waals surface area (Å²) < 4.78 is 23.1. The van der Waals surface area contributed by atoms with E-state index in [0.717, 1.165) is 6.92 Å². The van der Waals surface area contributed by atoms with E-state index in [-0.39, 0.29) is 6.54 Å². The molecule has 9 nitrogen and oxygen atoms in total. The Morgan fingerprint density at radius 2 is 1.95 bits per heavy atom. The molecule has 0 aromatic rings.